The molecule has 0 unspecified atom stereocenters. The molecule has 0 aliphatic heterocycles. The Balaban J connectivity index is 1.75. The molecule has 0 radical (unpaired) electrons. The molecule has 0 saturated heterocycles. The summed E-state index contributed by atoms with van der Waals surface area (Å²) >= 11 is 0. The van der Waals surface area contributed by atoms with Gasteiger partial charge in [0.2, 0.25) is 0 Å². The minimum atomic E-state index is -0.462. The van der Waals surface area contributed by atoms with Crippen molar-refractivity contribution in [2.24, 2.45) is 0 Å². The van der Waals surface area contributed by atoms with E-state index in [-0.39, 0.29) is 0 Å². The van der Waals surface area contributed by atoms with Gasteiger partial charge in [-0.3, -0.25) is 0 Å². The highest BCUT2D eigenvalue weighted by Gasteiger charge is 2.07. The number of hydrogen-bond acceptors (Lipinski definition) is 4. The van der Waals surface area contributed by atoms with E-state index in [1.165, 1.54) is 18.2 Å². The van der Waals surface area contributed by atoms with Crippen molar-refractivity contribution in [2.75, 3.05) is 29.6 Å². The van der Waals surface area contributed by atoms with Crippen LogP contribution >= 0.6 is 0 Å². The number of nitrogens with zero attached hydrogens (tertiary/aromatic N) is 3. The summed E-state index contributed by atoms with van der Waals surface area (Å²) in [6.45, 7) is 0. The lowest BCUT2D eigenvalue weighted by Gasteiger charge is -2.12. The fourth-order valence-corrected chi connectivity index (χ4v) is 2.33. The van der Waals surface area contributed by atoms with Crippen molar-refractivity contribution >= 4 is 23.2 Å². The maximum Gasteiger partial charge on any atom is 0.323 e. The number of carbonyl (C=O) groups excluding carboxylic acids is 1. The van der Waals surface area contributed by atoms with E-state index in [2.05, 4.69) is 20.6 Å². The van der Waals surface area contributed by atoms with E-state index in [1.807, 2.05) is 31.1 Å². The molecule has 132 valence electrons. The molecule has 0 bridgehead atoms. The first kappa shape index (κ1) is 17.3. The molecule has 0 fully saturated rings. The number of hydrogen-bond donors (Lipinski definition) is 2. The average molecular weight is 351 g/mol. The van der Waals surface area contributed by atoms with Crippen LogP contribution in [0, 0.1) is 5.82 Å². The van der Waals surface area contributed by atoms with Gasteiger partial charge in [-0.1, -0.05) is 18.2 Å². The molecule has 2 N–H and O–H groups in total. The largest absolute Gasteiger partial charge is 0.363 e. The van der Waals surface area contributed by atoms with E-state index in [4.69, 9.17) is 0 Å². The molecule has 3 aromatic rings. The van der Waals surface area contributed by atoms with Gasteiger partial charge in [0.1, 0.15) is 11.6 Å². The van der Waals surface area contributed by atoms with Crippen LogP contribution in [0.1, 0.15) is 0 Å². The van der Waals surface area contributed by atoms with E-state index in [0.29, 0.717) is 17.2 Å². The Kier molecular flexibility index (Phi) is 5.07. The first-order chi connectivity index (χ1) is 12.5. The number of anilines is 3. The summed E-state index contributed by atoms with van der Waals surface area (Å²) in [6, 6.07) is 14.3. The van der Waals surface area contributed by atoms with Crippen molar-refractivity contribution < 1.29 is 9.18 Å². The number of amides is 2. The second-order valence-corrected chi connectivity index (χ2v) is 5.80. The number of benzene rings is 2. The zero-order valence-corrected chi connectivity index (χ0v) is 14.4. The molecular weight excluding hydrogens is 333 g/mol. The highest BCUT2D eigenvalue weighted by atomic mass is 19.1. The molecule has 0 aliphatic rings. The fraction of sp³-hybridized carbons (Fsp3) is 0.105. The van der Waals surface area contributed by atoms with Crippen LogP contribution in [0.4, 0.5) is 26.4 Å². The molecule has 26 heavy (non-hydrogen) atoms. The Morgan fingerprint density at radius 1 is 1.00 bits per heavy atom. The maximum absolute atomic E-state index is 13.2. The van der Waals surface area contributed by atoms with Crippen molar-refractivity contribution in [1.82, 2.24) is 9.97 Å². The zero-order valence-electron chi connectivity index (χ0n) is 14.4. The summed E-state index contributed by atoms with van der Waals surface area (Å²) in [7, 11) is 3.81. The molecule has 7 heteroatoms. The zero-order chi connectivity index (χ0) is 18.5. The Morgan fingerprint density at radius 3 is 2.38 bits per heavy atom. The van der Waals surface area contributed by atoms with Crippen LogP contribution in [0.15, 0.2) is 60.8 Å². The van der Waals surface area contributed by atoms with Crippen molar-refractivity contribution in [2.45, 2.75) is 0 Å². The summed E-state index contributed by atoms with van der Waals surface area (Å²) in [5, 5.41) is 5.31. The van der Waals surface area contributed by atoms with Gasteiger partial charge in [-0.2, -0.15) is 0 Å². The third-order valence-corrected chi connectivity index (χ3v) is 3.56. The van der Waals surface area contributed by atoms with Gasteiger partial charge in [0.15, 0.2) is 5.82 Å². The second-order valence-electron chi connectivity index (χ2n) is 5.80. The Morgan fingerprint density at radius 2 is 1.69 bits per heavy atom. The topological polar surface area (TPSA) is 70.2 Å². The summed E-state index contributed by atoms with van der Waals surface area (Å²) in [6.07, 6.45) is 1.69. The first-order valence-electron chi connectivity index (χ1n) is 7.95. The van der Waals surface area contributed by atoms with Crippen molar-refractivity contribution in [3.63, 3.8) is 0 Å². The maximum atomic E-state index is 13.2. The first-order valence-corrected chi connectivity index (χ1v) is 7.95. The summed E-state index contributed by atoms with van der Waals surface area (Å²) in [5.74, 6) is 0.935. The Bertz CT molecular complexity index is 929. The Hall–Kier alpha value is -3.48. The van der Waals surface area contributed by atoms with Gasteiger partial charge >= 0.3 is 6.03 Å². The number of nitrogens with one attached hydrogen (secondary N) is 2. The quantitative estimate of drug-likeness (QED) is 0.746. The molecule has 3 rings (SSSR count). The lowest BCUT2D eigenvalue weighted by atomic mass is 10.2. The third kappa shape index (κ3) is 4.32. The van der Waals surface area contributed by atoms with E-state index < -0.39 is 11.8 Å². The summed E-state index contributed by atoms with van der Waals surface area (Å²) in [5.41, 5.74) is 1.73. The smallest absolute Gasteiger partial charge is 0.323 e. The van der Waals surface area contributed by atoms with Crippen LogP contribution in [0.25, 0.3) is 11.4 Å². The summed E-state index contributed by atoms with van der Waals surface area (Å²) in [4.78, 5) is 22.8. The van der Waals surface area contributed by atoms with Crippen LogP contribution < -0.4 is 15.5 Å². The highest BCUT2D eigenvalue weighted by molar-refractivity contribution is 6.00. The van der Waals surface area contributed by atoms with E-state index in [0.717, 1.165) is 11.4 Å². The van der Waals surface area contributed by atoms with Gasteiger partial charge in [-0.05, 0) is 36.4 Å². The highest BCUT2D eigenvalue weighted by Crippen LogP contribution is 2.21. The van der Waals surface area contributed by atoms with Gasteiger partial charge in [0.05, 0.1) is 0 Å². The van der Waals surface area contributed by atoms with Gasteiger partial charge in [0, 0.05) is 37.2 Å². The minimum Gasteiger partial charge on any atom is -0.363 e. The number of carbonyl (C=O) groups is 1. The number of halogens is 1. The van der Waals surface area contributed by atoms with Crippen molar-refractivity contribution in [3.05, 3.63) is 66.6 Å². The van der Waals surface area contributed by atoms with Crippen molar-refractivity contribution in [3.8, 4) is 11.4 Å². The lowest BCUT2D eigenvalue weighted by molar-refractivity contribution is 0.262. The molecule has 2 amide bonds. The average Bonchev–Trinajstić information content (AvgIpc) is 2.62. The predicted molar refractivity (Wildman–Crippen MR) is 101 cm³/mol. The van der Waals surface area contributed by atoms with Crippen molar-refractivity contribution in [1.29, 1.82) is 0 Å². The van der Waals surface area contributed by atoms with Crippen LogP contribution in [-0.2, 0) is 0 Å². The molecule has 2 aromatic carbocycles. The van der Waals surface area contributed by atoms with Crippen LogP contribution in [0.5, 0.6) is 0 Å². The minimum absolute atomic E-state index is 0.376. The molecule has 0 spiro atoms. The molecular formula is C19H18FN5O. The summed E-state index contributed by atoms with van der Waals surface area (Å²) < 4.78 is 13.2. The van der Waals surface area contributed by atoms with Gasteiger partial charge < -0.3 is 15.5 Å². The SMILES string of the molecule is CN(C)c1ccnc(-c2cccc(NC(=O)Nc3cccc(F)c3)c2)n1. The van der Waals surface area contributed by atoms with E-state index in [9.17, 15) is 9.18 Å². The normalized spacial score (nSPS) is 10.3. The molecule has 1 aromatic heterocycles. The predicted octanol–water partition coefficient (Wildman–Crippen LogP) is 3.99. The molecule has 6 nitrogen and oxygen atoms in total. The van der Waals surface area contributed by atoms with Gasteiger partial charge in [0.25, 0.3) is 0 Å². The molecule has 0 aliphatic carbocycles. The lowest BCUT2D eigenvalue weighted by Crippen LogP contribution is -2.19. The van der Waals surface area contributed by atoms with Crippen LogP contribution in [0.3, 0.4) is 0 Å². The molecule has 0 atom stereocenters. The van der Waals surface area contributed by atoms with Crippen LogP contribution in [-0.4, -0.2) is 30.1 Å². The third-order valence-electron chi connectivity index (χ3n) is 3.56. The molecule has 1 heterocycles. The molecule has 0 saturated carbocycles. The van der Waals surface area contributed by atoms with Gasteiger partial charge in [-0.15, -0.1) is 0 Å². The van der Waals surface area contributed by atoms with E-state index >= 15 is 0 Å². The second kappa shape index (κ2) is 7.60. The number of aromatic nitrogens is 2. The van der Waals surface area contributed by atoms with Crippen LogP contribution in [0.2, 0.25) is 0 Å². The standard InChI is InChI=1S/C19H18FN5O/c1-25(2)17-9-10-21-18(24-17)13-5-3-7-15(11-13)22-19(26)23-16-8-4-6-14(20)12-16/h3-12H,1-2H3,(H2,22,23,26). The number of urea groups is 1. The number of rotatable bonds is 4. The Labute approximate surface area is 150 Å². The fourth-order valence-electron chi connectivity index (χ4n) is 2.33. The monoisotopic (exact) mass is 351 g/mol. The van der Waals surface area contributed by atoms with E-state index in [1.54, 1.807) is 30.5 Å². The van der Waals surface area contributed by atoms with Gasteiger partial charge in [-0.25, -0.2) is 19.2 Å².